The lowest BCUT2D eigenvalue weighted by atomic mass is 10.1. The number of amides is 3. The number of nitrogens with two attached hydrogens (primary N) is 3. The summed E-state index contributed by atoms with van der Waals surface area (Å²) in [6.07, 6.45) is -0.306. The molecule has 10 heteroatoms. The second-order valence-corrected chi connectivity index (χ2v) is 6.72. The third-order valence-electron chi connectivity index (χ3n) is 4.50. The zero-order valence-electron chi connectivity index (χ0n) is 19.7. The topological polar surface area (TPSA) is 171 Å². The molecule has 2 aromatic carbocycles. The van der Waals surface area contributed by atoms with E-state index in [1.54, 1.807) is 4.68 Å². The smallest absolute Gasteiger partial charge is 0.242 e. The van der Waals surface area contributed by atoms with Crippen LogP contribution in [0.1, 0.15) is 12.1 Å². The van der Waals surface area contributed by atoms with E-state index < -0.39 is 23.8 Å². The molecular formula is C24H33N7O3. The number of rotatable bonds is 8. The summed E-state index contributed by atoms with van der Waals surface area (Å²) in [5.74, 6) is -1.57. The number of aromatic nitrogens is 2. The van der Waals surface area contributed by atoms with Gasteiger partial charge in [-0.15, -0.1) is 0 Å². The van der Waals surface area contributed by atoms with Crippen LogP contribution in [0.3, 0.4) is 0 Å². The highest BCUT2D eigenvalue weighted by atomic mass is 16.2. The standard InChI is InChI=1S/C22H23N5O3.2CH5N/c1-24-22(30)19(14-20(23)28)25-21(29)13-17-12-18(15-8-4-2-5-9-15)26-27(17)16-10-6-3-7-11-16;2*1-2/h2-12,19H,13-14H2,1H3,(H2,23,28)(H,24,30)(H,25,29);2*2H2,1H3/t19-;;/m0../s1. The third-order valence-corrected chi connectivity index (χ3v) is 4.50. The Kier molecular flexibility index (Phi) is 12.3. The molecule has 0 unspecified atom stereocenters. The van der Waals surface area contributed by atoms with Crippen molar-refractivity contribution in [3.63, 3.8) is 0 Å². The van der Waals surface area contributed by atoms with E-state index in [-0.39, 0.29) is 12.8 Å². The van der Waals surface area contributed by atoms with E-state index >= 15 is 0 Å². The van der Waals surface area contributed by atoms with Crippen molar-refractivity contribution in [1.82, 2.24) is 20.4 Å². The van der Waals surface area contributed by atoms with Gasteiger partial charge in [0.2, 0.25) is 17.7 Å². The van der Waals surface area contributed by atoms with Crippen molar-refractivity contribution in [3.8, 4) is 16.9 Å². The van der Waals surface area contributed by atoms with Crippen LogP contribution in [-0.4, -0.2) is 54.7 Å². The number of nitrogens with zero attached hydrogens (tertiary/aromatic N) is 2. The van der Waals surface area contributed by atoms with Gasteiger partial charge < -0.3 is 27.8 Å². The monoisotopic (exact) mass is 467 g/mol. The summed E-state index contributed by atoms with van der Waals surface area (Å²) in [6, 6.07) is 19.9. The van der Waals surface area contributed by atoms with Crippen molar-refractivity contribution in [3.05, 3.63) is 72.4 Å². The maximum atomic E-state index is 12.7. The molecule has 1 aromatic heterocycles. The molecular weight excluding hydrogens is 434 g/mol. The van der Waals surface area contributed by atoms with Crippen LogP contribution < -0.4 is 27.8 Å². The highest BCUT2D eigenvalue weighted by molar-refractivity contribution is 5.92. The Morgan fingerprint density at radius 1 is 0.941 bits per heavy atom. The van der Waals surface area contributed by atoms with Crippen LogP contribution in [0.4, 0.5) is 0 Å². The molecule has 0 fully saturated rings. The van der Waals surface area contributed by atoms with Crippen LogP contribution in [0, 0.1) is 0 Å². The van der Waals surface area contributed by atoms with Crippen LogP contribution in [0.2, 0.25) is 0 Å². The van der Waals surface area contributed by atoms with Crippen LogP contribution >= 0.6 is 0 Å². The third kappa shape index (κ3) is 8.15. The Bertz CT molecular complexity index is 1040. The number of hydrogen-bond donors (Lipinski definition) is 5. The minimum absolute atomic E-state index is 0.0268. The summed E-state index contributed by atoms with van der Waals surface area (Å²) in [6.45, 7) is 0. The summed E-state index contributed by atoms with van der Waals surface area (Å²) >= 11 is 0. The fourth-order valence-corrected chi connectivity index (χ4v) is 3.08. The molecule has 3 aromatic rings. The van der Waals surface area contributed by atoms with E-state index in [1.165, 1.54) is 21.1 Å². The molecule has 182 valence electrons. The number of hydrogen-bond acceptors (Lipinski definition) is 6. The summed E-state index contributed by atoms with van der Waals surface area (Å²) in [4.78, 5) is 35.9. The quantitative estimate of drug-likeness (QED) is 0.320. The predicted octanol–water partition coefficient (Wildman–Crippen LogP) is 0.338. The van der Waals surface area contributed by atoms with Gasteiger partial charge in [-0.25, -0.2) is 4.68 Å². The van der Waals surface area contributed by atoms with E-state index in [2.05, 4.69) is 27.2 Å². The molecule has 0 aliphatic heterocycles. The van der Waals surface area contributed by atoms with E-state index in [9.17, 15) is 14.4 Å². The molecule has 0 aliphatic rings. The fourth-order valence-electron chi connectivity index (χ4n) is 3.08. The van der Waals surface area contributed by atoms with Crippen LogP contribution in [0.25, 0.3) is 16.9 Å². The highest BCUT2D eigenvalue weighted by Crippen LogP contribution is 2.22. The number of carbonyl (C=O) groups is 3. The van der Waals surface area contributed by atoms with Gasteiger partial charge in [0.15, 0.2) is 0 Å². The lowest BCUT2D eigenvalue weighted by molar-refractivity contribution is -0.130. The van der Waals surface area contributed by atoms with Gasteiger partial charge >= 0.3 is 0 Å². The van der Waals surface area contributed by atoms with E-state index in [0.29, 0.717) is 5.69 Å². The molecule has 0 bridgehead atoms. The first-order valence-electron chi connectivity index (χ1n) is 10.6. The van der Waals surface area contributed by atoms with Gasteiger partial charge in [0.05, 0.1) is 29.9 Å². The van der Waals surface area contributed by atoms with Crippen molar-refractivity contribution in [2.75, 3.05) is 21.1 Å². The first-order chi connectivity index (χ1) is 16.5. The van der Waals surface area contributed by atoms with Crippen LogP contribution in [0.15, 0.2) is 66.7 Å². The predicted molar refractivity (Wildman–Crippen MR) is 133 cm³/mol. The average molecular weight is 468 g/mol. The zero-order valence-corrected chi connectivity index (χ0v) is 19.7. The molecule has 10 nitrogen and oxygen atoms in total. The fraction of sp³-hybridized carbons (Fsp3) is 0.250. The summed E-state index contributed by atoms with van der Waals surface area (Å²) < 4.78 is 1.70. The Morgan fingerprint density at radius 2 is 1.50 bits per heavy atom. The minimum Gasteiger partial charge on any atom is -0.370 e. The molecule has 34 heavy (non-hydrogen) atoms. The van der Waals surface area contributed by atoms with Crippen molar-refractivity contribution < 1.29 is 14.4 Å². The van der Waals surface area contributed by atoms with Crippen LogP contribution in [-0.2, 0) is 20.8 Å². The molecule has 0 radical (unpaired) electrons. The van der Waals surface area contributed by atoms with Crippen molar-refractivity contribution >= 4 is 17.7 Å². The maximum absolute atomic E-state index is 12.7. The van der Waals surface area contributed by atoms with Crippen molar-refractivity contribution in [2.24, 2.45) is 17.2 Å². The summed E-state index contributed by atoms with van der Waals surface area (Å²) in [7, 11) is 4.43. The molecule has 1 atom stereocenters. The Morgan fingerprint density at radius 3 is 2.03 bits per heavy atom. The van der Waals surface area contributed by atoms with E-state index in [4.69, 9.17) is 5.73 Å². The van der Waals surface area contributed by atoms with E-state index in [0.717, 1.165) is 16.9 Å². The molecule has 0 aliphatic carbocycles. The van der Waals surface area contributed by atoms with Crippen LogP contribution in [0.5, 0.6) is 0 Å². The Labute approximate surface area is 199 Å². The van der Waals surface area contributed by atoms with E-state index in [1.807, 2.05) is 66.7 Å². The lowest BCUT2D eigenvalue weighted by Crippen LogP contribution is -2.48. The number of primary amides is 1. The minimum atomic E-state index is -1.03. The molecule has 0 saturated carbocycles. The second kappa shape index (κ2) is 14.9. The average Bonchev–Trinajstić information content (AvgIpc) is 3.30. The number of nitrogens with one attached hydrogen (secondary N) is 2. The van der Waals surface area contributed by atoms with Gasteiger partial charge in [-0.05, 0) is 32.3 Å². The Balaban J connectivity index is 0.00000137. The lowest BCUT2D eigenvalue weighted by Gasteiger charge is -2.16. The SMILES string of the molecule is CN.CN.CNC(=O)[C@H](CC(N)=O)NC(=O)Cc1cc(-c2ccccc2)nn1-c1ccccc1. The molecule has 3 amide bonds. The van der Waals surface area contributed by atoms with Gasteiger partial charge in [-0.1, -0.05) is 48.5 Å². The summed E-state index contributed by atoms with van der Waals surface area (Å²) in [5.41, 5.74) is 17.3. The van der Waals surface area contributed by atoms with Gasteiger partial charge in [0.1, 0.15) is 6.04 Å². The molecule has 3 rings (SSSR count). The number of likely N-dealkylation sites (N-methyl/N-ethyl adjacent to an activating group) is 1. The first-order valence-corrected chi connectivity index (χ1v) is 10.6. The van der Waals surface area contributed by atoms with Gasteiger partial charge in [-0.2, -0.15) is 5.10 Å². The highest BCUT2D eigenvalue weighted by Gasteiger charge is 2.23. The number of benzene rings is 2. The molecule has 0 saturated heterocycles. The second-order valence-electron chi connectivity index (χ2n) is 6.72. The summed E-state index contributed by atoms with van der Waals surface area (Å²) in [5, 5.41) is 9.67. The van der Waals surface area contributed by atoms with Crippen molar-refractivity contribution in [2.45, 2.75) is 18.9 Å². The molecule has 1 heterocycles. The zero-order chi connectivity index (χ0) is 25.5. The first kappa shape index (κ1) is 28.0. The number of carbonyl (C=O) groups excluding carboxylic acids is 3. The van der Waals surface area contributed by atoms with Gasteiger partial charge in [-0.3, -0.25) is 14.4 Å². The maximum Gasteiger partial charge on any atom is 0.242 e. The normalized spacial score (nSPS) is 10.5. The Hall–Kier alpha value is -4.02. The largest absolute Gasteiger partial charge is 0.370 e. The molecule has 0 spiro atoms. The van der Waals surface area contributed by atoms with Gasteiger partial charge in [0, 0.05) is 12.6 Å². The van der Waals surface area contributed by atoms with Crippen molar-refractivity contribution in [1.29, 1.82) is 0 Å². The number of para-hydroxylation sites is 1. The molecule has 8 N–H and O–H groups in total. The van der Waals surface area contributed by atoms with Gasteiger partial charge in [0.25, 0.3) is 0 Å².